The maximum atomic E-state index is 12.5. The lowest BCUT2D eigenvalue weighted by Crippen LogP contribution is -2.48. The van der Waals surface area contributed by atoms with Crippen molar-refractivity contribution in [3.05, 3.63) is 29.8 Å². The van der Waals surface area contributed by atoms with Gasteiger partial charge in [0.2, 0.25) is 0 Å². The van der Waals surface area contributed by atoms with Gasteiger partial charge in [0.25, 0.3) is 5.91 Å². The zero-order chi connectivity index (χ0) is 16.8. The van der Waals surface area contributed by atoms with Crippen molar-refractivity contribution in [2.75, 3.05) is 33.8 Å². The number of urea groups is 1. The van der Waals surface area contributed by atoms with Crippen LogP contribution >= 0.6 is 0 Å². The van der Waals surface area contributed by atoms with Gasteiger partial charge < -0.3 is 19.9 Å². The average molecular weight is 319 g/mol. The van der Waals surface area contributed by atoms with E-state index in [9.17, 15) is 9.59 Å². The van der Waals surface area contributed by atoms with Gasteiger partial charge in [-0.2, -0.15) is 0 Å². The van der Waals surface area contributed by atoms with Crippen LogP contribution in [0.15, 0.2) is 24.3 Å². The topological polar surface area (TPSA) is 61.9 Å². The van der Waals surface area contributed by atoms with Gasteiger partial charge in [-0.15, -0.1) is 0 Å². The third-order valence-corrected chi connectivity index (χ3v) is 3.93. The normalized spacial score (nSPS) is 15.2. The predicted octanol–water partition coefficient (Wildman–Crippen LogP) is 1.96. The first-order valence-electron chi connectivity index (χ1n) is 8.01. The van der Waals surface area contributed by atoms with Crippen LogP contribution in [-0.2, 0) is 0 Å². The molecule has 1 aromatic carbocycles. The highest BCUT2D eigenvalue weighted by molar-refractivity contribution is 5.94. The molecule has 3 amide bonds. The zero-order valence-electron chi connectivity index (χ0n) is 14.0. The molecule has 1 saturated heterocycles. The van der Waals surface area contributed by atoms with E-state index in [0.717, 1.165) is 18.6 Å². The number of hydrogen-bond acceptors (Lipinski definition) is 3. The molecule has 1 aromatic rings. The van der Waals surface area contributed by atoms with Crippen LogP contribution in [-0.4, -0.2) is 61.6 Å². The van der Waals surface area contributed by atoms with Crippen LogP contribution in [0.1, 0.15) is 30.1 Å². The molecule has 0 aliphatic carbocycles. The van der Waals surface area contributed by atoms with Gasteiger partial charge in [0.1, 0.15) is 5.75 Å². The summed E-state index contributed by atoms with van der Waals surface area (Å²) < 4.78 is 5.39. The minimum absolute atomic E-state index is 0.0328. The summed E-state index contributed by atoms with van der Waals surface area (Å²) >= 11 is 0. The Hall–Kier alpha value is -2.24. The smallest absolute Gasteiger partial charge is 0.317 e. The van der Waals surface area contributed by atoms with E-state index in [1.165, 1.54) is 4.90 Å². The summed E-state index contributed by atoms with van der Waals surface area (Å²) in [6.07, 6.45) is 1.56. The highest BCUT2D eigenvalue weighted by Crippen LogP contribution is 2.17. The Morgan fingerprint density at radius 3 is 2.35 bits per heavy atom. The van der Waals surface area contributed by atoms with E-state index < -0.39 is 0 Å². The van der Waals surface area contributed by atoms with Crippen LogP contribution in [0.25, 0.3) is 0 Å². The van der Waals surface area contributed by atoms with Crippen molar-refractivity contribution in [3.8, 4) is 5.75 Å². The molecule has 1 heterocycles. The lowest BCUT2D eigenvalue weighted by molar-refractivity contribution is 0.0707. The minimum atomic E-state index is -0.0821. The molecule has 0 bridgehead atoms. The summed E-state index contributed by atoms with van der Waals surface area (Å²) in [5.41, 5.74) is 0.671. The van der Waals surface area contributed by atoms with Crippen LogP contribution < -0.4 is 10.1 Å². The Morgan fingerprint density at radius 2 is 1.83 bits per heavy atom. The second kappa shape index (κ2) is 7.85. The van der Waals surface area contributed by atoms with E-state index in [0.29, 0.717) is 25.3 Å². The number of rotatable bonds is 4. The highest BCUT2D eigenvalue weighted by Gasteiger charge is 2.24. The van der Waals surface area contributed by atoms with Gasteiger partial charge in [-0.1, -0.05) is 0 Å². The molecular weight excluding hydrogens is 294 g/mol. The van der Waals surface area contributed by atoms with Crippen molar-refractivity contribution in [1.82, 2.24) is 15.1 Å². The molecule has 2 rings (SSSR count). The molecule has 0 atom stereocenters. The lowest BCUT2D eigenvalue weighted by Gasteiger charge is -2.33. The molecule has 1 fully saturated rings. The van der Waals surface area contributed by atoms with Gasteiger partial charge in [-0.3, -0.25) is 4.79 Å². The van der Waals surface area contributed by atoms with Gasteiger partial charge in [0.15, 0.2) is 0 Å². The number of benzene rings is 1. The van der Waals surface area contributed by atoms with Crippen LogP contribution in [0.5, 0.6) is 5.75 Å². The molecule has 1 N–H and O–H groups in total. The Balaban J connectivity index is 1.87. The molecule has 6 nitrogen and oxygen atoms in total. The van der Waals surface area contributed by atoms with E-state index in [1.807, 2.05) is 24.0 Å². The number of piperidine rings is 1. The van der Waals surface area contributed by atoms with Crippen molar-refractivity contribution in [1.29, 1.82) is 0 Å². The van der Waals surface area contributed by atoms with E-state index in [1.54, 1.807) is 26.2 Å². The quantitative estimate of drug-likeness (QED) is 0.923. The number of likely N-dealkylation sites (tertiary alicyclic amines) is 1. The first-order valence-corrected chi connectivity index (χ1v) is 8.01. The summed E-state index contributed by atoms with van der Waals surface area (Å²) in [6.45, 7) is 3.85. The summed E-state index contributed by atoms with van der Waals surface area (Å²) in [6, 6.07) is 7.29. The average Bonchev–Trinajstić information content (AvgIpc) is 2.56. The number of nitrogens with one attached hydrogen (secondary N) is 1. The van der Waals surface area contributed by atoms with Gasteiger partial charge in [-0.05, 0) is 44.0 Å². The highest BCUT2D eigenvalue weighted by atomic mass is 16.5. The predicted molar refractivity (Wildman–Crippen MR) is 88.8 cm³/mol. The van der Waals surface area contributed by atoms with Crippen molar-refractivity contribution in [3.63, 3.8) is 0 Å². The van der Waals surface area contributed by atoms with E-state index in [-0.39, 0.29) is 18.0 Å². The van der Waals surface area contributed by atoms with E-state index in [4.69, 9.17) is 4.74 Å². The van der Waals surface area contributed by atoms with Crippen LogP contribution in [0.2, 0.25) is 0 Å². The second-order valence-corrected chi connectivity index (χ2v) is 5.87. The van der Waals surface area contributed by atoms with E-state index in [2.05, 4.69) is 5.32 Å². The Bertz CT molecular complexity index is 535. The Morgan fingerprint density at radius 1 is 1.22 bits per heavy atom. The van der Waals surface area contributed by atoms with Gasteiger partial charge >= 0.3 is 6.03 Å². The molecule has 0 spiro atoms. The number of hydrogen-bond donors (Lipinski definition) is 1. The molecule has 0 radical (unpaired) electrons. The van der Waals surface area contributed by atoms with E-state index >= 15 is 0 Å². The summed E-state index contributed by atoms with van der Waals surface area (Å²) in [5.74, 6) is 0.805. The number of nitrogens with zero attached hydrogens (tertiary/aromatic N) is 2. The van der Waals surface area contributed by atoms with Gasteiger partial charge in [0, 0.05) is 38.8 Å². The summed E-state index contributed by atoms with van der Waals surface area (Å²) in [4.78, 5) is 27.5. The number of amides is 3. The fourth-order valence-electron chi connectivity index (χ4n) is 2.57. The largest absolute Gasteiger partial charge is 0.494 e. The molecule has 126 valence electrons. The summed E-state index contributed by atoms with van der Waals surface area (Å²) in [5, 5.41) is 2.97. The monoisotopic (exact) mass is 319 g/mol. The zero-order valence-corrected chi connectivity index (χ0v) is 14.0. The van der Waals surface area contributed by atoms with Crippen LogP contribution in [0.4, 0.5) is 4.79 Å². The molecule has 6 heteroatoms. The van der Waals surface area contributed by atoms with Crippen molar-refractivity contribution < 1.29 is 14.3 Å². The minimum Gasteiger partial charge on any atom is -0.494 e. The fraction of sp³-hybridized carbons (Fsp3) is 0.529. The molecule has 23 heavy (non-hydrogen) atoms. The molecule has 1 aliphatic heterocycles. The lowest BCUT2D eigenvalue weighted by atomic mass is 10.0. The molecule has 0 aromatic heterocycles. The van der Waals surface area contributed by atoms with Crippen molar-refractivity contribution in [2.45, 2.75) is 25.8 Å². The third-order valence-electron chi connectivity index (χ3n) is 3.93. The molecule has 0 saturated carbocycles. The maximum absolute atomic E-state index is 12.5. The molecule has 0 unspecified atom stereocenters. The van der Waals surface area contributed by atoms with Gasteiger partial charge in [0.05, 0.1) is 6.61 Å². The fourth-order valence-corrected chi connectivity index (χ4v) is 2.57. The number of ether oxygens (including phenoxy) is 1. The van der Waals surface area contributed by atoms with Crippen LogP contribution in [0, 0.1) is 0 Å². The second-order valence-electron chi connectivity index (χ2n) is 5.87. The van der Waals surface area contributed by atoms with Crippen molar-refractivity contribution in [2.24, 2.45) is 0 Å². The molecular formula is C17H25N3O3. The summed E-state index contributed by atoms with van der Waals surface area (Å²) in [7, 11) is 3.44. The number of carbonyl (C=O) groups excluding carboxylic acids is 2. The first kappa shape index (κ1) is 17.1. The first-order chi connectivity index (χ1) is 11.0. The third kappa shape index (κ3) is 4.61. The SMILES string of the molecule is CCOc1ccc(C(=O)N2CCC(NC(=O)N(C)C)CC2)cc1. The Kier molecular flexibility index (Phi) is 5.84. The van der Waals surface area contributed by atoms with Crippen molar-refractivity contribution >= 4 is 11.9 Å². The molecule has 1 aliphatic rings. The van der Waals surface area contributed by atoms with Gasteiger partial charge in [-0.25, -0.2) is 4.79 Å². The Labute approximate surface area is 137 Å². The number of carbonyl (C=O) groups is 2. The standard InChI is InChI=1S/C17H25N3O3/c1-4-23-15-7-5-13(6-8-15)16(21)20-11-9-14(10-12-20)18-17(22)19(2)3/h5-8,14H,4,9-12H2,1-3H3,(H,18,22). The maximum Gasteiger partial charge on any atom is 0.317 e. The van der Waals surface area contributed by atoms with Crippen LogP contribution in [0.3, 0.4) is 0 Å².